The number of hydrogen-bond donors (Lipinski definition) is 3. The second kappa shape index (κ2) is 4.33. The van der Waals surface area contributed by atoms with Gasteiger partial charge in [-0.25, -0.2) is 4.57 Å². The molecule has 6 heteroatoms. The topological polar surface area (TPSA) is 87.0 Å². The first-order valence-corrected chi connectivity index (χ1v) is 6.63. The van der Waals surface area contributed by atoms with Crippen molar-refractivity contribution in [2.24, 2.45) is 0 Å². The van der Waals surface area contributed by atoms with Crippen molar-refractivity contribution in [3.63, 3.8) is 0 Å². The van der Waals surface area contributed by atoms with Gasteiger partial charge in [-0.3, -0.25) is 9.79 Å². The molecule has 0 atom stereocenters. The van der Waals surface area contributed by atoms with Gasteiger partial charge in [-0.1, -0.05) is 20.8 Å². The molecule has 0 saturated carbocycles. The van der Waals surface area contributed by atoms with Gasteiger partial charge in [-0.05, 0) is 30.0 Å². The number of phosphoric acid groups is 1. The molecule has 0 bridgehead atoms. The van der Waals surface area contributed by atoms with Crippen LogP contribution in [0.1, 0.15) is 31.9 Å². The minimum atomic E-state index is -4.58. The highest BCUT2D eigenvalue weighted by Crippen LogP contribution is 2.42. The molecule has 0 aliphatic heterocycles. The van der Waals surface area contributed by atoms with Crippen molar-refractivity contribution in [1.82, 2.24) is 0 Å². The van der Waals surface area contributed by atoms with Crippen molar-refractivity contribution >= 4 is 7.82 Å². The average Bonchev–Trinajstić information content (AvgIpc) is 2.05. The quantitative estimate of drug-likeness (QED) is 0.711. The number of phenolic OH excluding ortho intramolecular Hbond substituents is 1. The van der Waals surface area contributed by atoms with Crippen molar-refractivity contribution in [3.05, 3.63) is 23.3 Å². The second-order valence-corrected chi connectivity index (χ2v) is 6.13. The highest BCUT2D eigenvalue weighted by atomic mass is 31.2. The fourth-order valence-electron chi connectivity index (χ4n) is 1.50. The second-order valence-electron chi connectivity index (χ2n) is 4.97. The van der Waals surface area contributed by atoms with Crippen LogP contribution in [0.15, 0.2) is 12.1 Å². The molecule has 0 heterocycles. The summed E-state index contributed by atoms with van der Waals surface area (Å²) in [5, 5.41) is 9.80. The molecule has 17 heavy (non-hydrogen) atoms. The Morgan fingerprint density at radius 3 is 2.18 bits per heavy atom. The lowest BCUT2D eigenvalue weighted by Gasteiger charge is -2.22. The Hall–Kier alpha value is -1.03. The van der Waals surface area contributed by atoms with Gasteiger partial charge >= 0.3 is 7.82 Å². The molecule has 0 aromatic heterocycles. The smallest absolute Gasteiger partial charge is 0.508 e. The monoisotopic (exact) mass is 260 g/mol. The summed E-state index contributed by atoms with van der Waals surface area (Å²) < 4.78 is 15.4. The van der Waals surface area contributed by atoms with Gasteiger partial charge in [-0.2, -0.15) is 0 Å². The van der Waals surface area contributed by atoms with Crippen LogP contribution in [0.3, 0.4) is 0 Å². The Balaban J connectivity index is 3.30. The fourth-order valence-corrected chi connectivity index (χ4v) is 1.95. The first kappa shape index (κ1) is 14.0. The summed E-state index contributed by atoms with van der Waals surface area (Å²) >= 11 is 0. The van der Waals surface area contributed by atoms with Crippen LogP contribution in [0, 0.1) is 6.92 Å². The van der Waals surface area contributed by atoms with Crippen molar-refractivity contribution in [1.29, 1.82) is 0 Å². The van der Waals surface area contributed by atoms with E-state index in [-0.39, 0.29) is 16.9 Å². The Labute approximate surface area is 100 Å². The normalized spacial score (nSPS) is 12.6. The van der Waals surface area contributed by atoms with Crippen LogP contribution in [0.4, 0.5) is 0 Å². The van der Waals surface area contributed by atoms with E-state index >= 15 is 0 Å². The third-order valence-electron chi connectivity index (χ3n) is 2.32. The van der Waals surface area contributed by atoms with Gasteiger partial charge in [0, 0.05) is 5.56 Å². The molecule has 0 aliphatic rings. The lowest BCUT2D eigenvalue weighted by atomic mass is 9.85. The Kier molecular flexibility index (Phi) is 3.58. The first-order chi connectivity index (χ1) is 7.50. The molecule has 0 amide bonds. The van der Waals surface area contributed by atoms with E-state index in [1.165, 1.54) is 12.1 Å². The number of phosphoric ester groups is 1. The molecule has 1 aromatic rings. The van der Waals surface area contributed by atoms with Crippen LogP contribution >= 0.6 is 7.82 Å². The maximum absolute atomic E-state index is 10.8. The van der Waals surface area contributed by atoms with E-state index in [4.69, 9.17) is 9.79 Å². The molecule has 0 spiro atoms. The summed E-state index contributed by atoms with van der Waals surface area (Å²) in [4.78, 5) is 17.6. The fraction of sp³-hybridized carbons (Fsp3) is 0.455. The van der Waals surface area contributed by atoms with Crippen LogP contribution in [0.2, 0.25) is 0 Å². The Morgan fingerprint density at radius 1 is 1.24 bits per heavy atom. The summed E-state index contributed by atoms with van der Waals surface area (Å²) in [5.41, 5.74) is 0.704. The van der Waals surface area contributed by atoms with Crippen LogP contribution in [0.5, 0.6) is 11.5 Å². The molecular formula is C11H17O5P. The van der Waals surface area contributed by atoms with Crippen LogP contribution in [-0.4, -0.2) is 14.9 Å². The Bertz CT molecular complexity index is 469. The predicted molar refractivity (Wildman–Crippen MR) is 64.2 cm³/mol. The Morgan fingerprint density at radius 2 is 1.76 bits per heavy atom. The van der Waals surface area contributed by atoms with E-state index in [1.807, 2.05) is 20.8 Å². The minimum absolute atomic E-state index is 0.0843. The maximum Gasteiger partial charge on any atom is 0.524 e. The average molecular weight is 260 g/mol. The number of aryl methyl sites for hydroxylation is 1. The molecule has 0 unspecified atom stereocenters. The zero-order valence-corrected chi connectivity index (χ0v) is 11.2. The van der Waals surface area contributed by atoms with E-state index in [0.29, 0.717) is 11.1 Å². The molecule has 1 rings (SSSR count). The molecule has 3 N–H and O–H groups in total. The van der Waals surface area contributed by atoms with E-state index in [0.717, 1.165) is 0 Å². The standard InChI is InChI=1S/C11H17O5P/c1-7-5-9(12)8(11(2,3)4)6-10(7)16-17(13,14)15/h5-6,12H,1-4H3,(H2,13,14,15). The number of rotatable bonds is 2. The lowest BCUT2D eigenvalue weighted by molar-refractivity contribution is 0.282. The van der Waals surface area contributed by atoms with Gasteiger partial charge in [0.1, 0.15) is 11.5 Å². The molecule has 0 fully saturated rings. The summed E-state index contributed by atoms with van der Waals surface area (Å²) in [7, 11) is -4.58. The largest absolute Gasteiger partial charge is 0.524 e. The molecule has 5 nitrogen and oxygen atoms in total. The molecule has 0 radical (unpaired) electrons. The molecule has 96 valence electrons. The van der Waals surface area contributed by atoms with Crippen molar-refractivity contribution in [2.75, 3.05) is 0 Å². The highest BCUT2D eigenvalue weighted by molar-refractivity contribution is 7.46. The zero-order chi connectivity index (χ0) is 13.4. The molecule has 1 aromatic carbocycles. The van der Waals surface area contributed by atoms with Crippen LogP contribution < -0.4 is 4.52 Å². The third-order valence-corrected chi connectivity index (χ3v) is 2.75. The van der Waals surface area contributed by atoms with E-state index in [2.05, 4.69) is 4.52 Å². The minimum Gasteiger partial charge on any atom is -0.508 e. The van der Waals surface area contributed by atoms with E-state index in [1.54, 1.807) is 6.92 Å². The molecule has 0 aliphatic carbocycles. The van der Waals surface area contributed by atoms with E-state index in [9.17, 15) is 9.67 Å². The summed E-state index contributed by atoms with van der Waals surface area (Å²) in [6, 6.07) is 2.90. The summed E-state index contributed by atoms with van der Waals surface area (Å²) in [5.74, 6) is 0.175. The number of hydrogen-bond acceptors (Lipinski definition) is 3. The lowest BCUT2D eigenvalue weighted by Crippen LogP contribution is -2.11. The van der Waals surface area contributed by atoms with Crippen molar-refractivity contribution < 1.29 is 24.0 Å². The third kappa shape index (κ3) is 3.73. The van der Waals surface area contributed by atoms with E-state index < -0.39 is 7.82 Å². The van der Waals surface area contributed by atoms with Gasteiger partial charge in [0.15, 0.2) is 0 Å². The van der Waals surface area contributed by atoms with Crippen molar-refractivity contribution in [3.8, 4) is 11.5 Å². The number of aromatic hydroxyl groups is 1. The predicted octanol–water partition coefficient (Wildman–Crippen LogP) is 2.47. The molecular weight excluding hydrogens is 243 g/mol. The van der Waals surface area contributed by atoms with Crippen LogP contribution in [-0.2, 0) is 9.98 Å². The number of benzene rings is 1. The van der Waals surface area contributed by atoms with Gasteiger partial charge in [-0.15, -0.1) is 0 Å². The van der Waals surface area contributed by atoms with Crippen LogP contribution in [0.25, 0.3) is 0 Å². The SMILES string of the molecule is Cc1cc(O)c(C(C)(C)C)cc1OP(=O)(O)O. The summed E-state index contributed by atoms with van der Waals surface area (Å²) in [6.45, 7) is 7.27. The maximum atomic E-state index is 10.8. The van der Waals surface area contributed by atoms with Gasteiger partial charge < -0.3 is 9.63 Å². The molecule has 0 saturated heterocycles. The zero-order valence-electron chi connectivity index (χ0n) is 10.3. The number of phenols is 1. The summed E-state index contributed by atoms with van der Waals surface area (Å²) in [6.07, 6.45) is 0. The van der Waals surface area contributed by atoms with Gasteiger partial charge in [0.05, 0.1) is 0 Å². The highest BCUT2D eigenvalue weighted by Gasteiger charge is 2.23. The van der Waals surface area contributed by atoms with Crippen molar-refractivity contribution in [2.45, 2.75) is 33.1 Å². The van der Waals surface area contributed by atoms with Gasteiger partial charge in [0.2, 0.25) is 0 Å². The van der Waals surface area contributed by atoms with Gasteiger partial charge in [0.25, 0.3) is 0 Å². The first-order valence-electron chi connectivity index (χ1n) is 5.10.